The molecule has 4 aromatic rings. The van der Waals surface area contributed by atoms with Gasteiger partial charge in [0, 0.05) is 30.7 Å². The fourth-order valence-electron chi connectivity index (χ4n) is 5.12. The molecule has 0 spiro atoms. The summed E-state index contributed by atoms with van der Waals surface area (Å²) in [5.41, 5.74) is 1.17. The van der Waals surface area contributed by atoms with Crippen LogP contribution in [0.15, 0.2) is 82.5 Å². The molecule has 1 aliphatic heterocycles. The number of piperazine rings is 1. The first-order chi connectivity index (χ1) is 18.7. The zero-order valence-electron chi connectivity index (χ0n) is 22.1. The maximum absolute atomic E-state index is 13.8. The summed E-state index contributed by atoms with van der Waals surface area (Å²) >= 11 is 5.96. The summed E-state index contributed by atoms with van der Waals surface area (Å²) in [4.78, 5) is 21.1. The largest absolute Gasteiger partial charge is 0.494 e. The van der Waals surface area contributed by atoms with Gasteiger partial charge in [-0.1, -0.05) is 23.7 Å². The van der Waals surface area contributed by atoms with Crippen LogP contribution >= 0.6 is 11.6 Å². The number of sulfonamides is 1. The zero-order chi connectivity index (χ0) is 27.7. The number of ether oxygens (including phenoxy) is 1. The lowest BCUT2D eigenvalue weighted by molar-refractivity contribution is 0.104. The Balaban J connectivity index is 1.48. The van der Waals surface area contributed by atoms with Gasteiger partial charge in [-0.15, -0.1) is 0 Å². The van der Waals surface area contributed by atoms with Crippen molar-refractivity contribution in [2.24, 2.45) is 0 Å². The van der Waals surface area contributed by atoms with Crippen LogP contribution < -0.4 is 10.3 Å². The first kappa shape index (κ1) is 27.3. The van der Waals surface area contributed by atoms with E-state index in [0.717, 1.165) is 5.75 Å². The molecule has 3 aromatic carbocycles. The number of halogens is 1. The van der Waals surface area contributed by atoms with Gasteiger partial charge in [0.1, 0.15) is 11.6 Å². The van der Waals surface area contributed by atoms with Crippen LogP contribution in [0, 0.1) is 0 Å². The first-order valence-corrected chi connectivity index (χ1v) is 14.8. The maximum Gasteiger partial charge on any atom is 0.266 e. The van der Waals surface area contributed by atoms with E-state index in [0.29, 0.717) is 53.7 Å². The molecule has 0 aliphatic carbocycles. The van der Waals surface area contributed by atoms with Crippen LogP contribution in [-0.2, 0) is 10.0 Å². The molecule has 1 saturated heterocycles. The fourth-order valence-corrected chi connectivity index (χ4v) is 6.86. The van der Waals surface area contributed by atoms with Crippen LogP contribution in [0.5, 0.6) is 5.75 Å². The minimum absolute atomic E-state index is 0.149. The molecule has 0 saturated carbocycles. The normalized spacial score (nSPS) is 17.8. The van der Waals surface area contributed by atoms with E-state index in [1.165, 1.54) is 16.4 Å². The quantitative estimate of drug-likeness (QED) is 0.316. The summed E-state index contributed by atoms with van der Waals surface area (Å²) < 4.78 is 35.5. The van der Waals surface area contributed by atoms with Gasteiger partial charge in [0.25, 0.3) is 5.56 Å². The van der Waals surface area contributed by atoms with Crippen molar-refractivity contribution in [1.82, 2.24) is 18.8 Å². The highest BCUT2D eigenvalue weighted by Crippen LogP contribution is 2.29. The van der Waals surface area contributed by atoms with Gasteiger partial charge in [0.05, 0.1) is 34.1 Å². The highest BCUT2D eigenvalue weighted by Gasteiger charge is 2.36. The summed E-state index contributed by atoms with van der Waals surface area (Å²) in [6, 6.07) is 20.4. The van der Waals surface area contributed by atoms with Crippen molar-refractivity contribution in [1.29, 1.82) is 0 Å². The van der Waals surface area contributed by atoms with E-state index in [1.807, 2.05) is 63.2 Å². The number of fused-ring (bicyclic) bond motifs is 1. The Labute approximate surface area is 233 Å². The Morgan fingerprint density at radius 1 is 1.03 bits per heavy atom. The van der Waals surface area contributed by atoms with E-state index in [4.69, 9.17) is 21.3 Å². The number of rotatable bonds is 7. The molecule has 204 valence electrons. The second-order valence-electron chi connectivity index (χ2n) is 9.64. The Morgan fingerprint density at radius 2 is 1.72 bits per heavy atom. The average Bonchev–Trinajstić information content (AvgIpc) is 2.93. The van der Waals surface area contributed by atoms with E-state index < -0.39 is 10.0 Å². The van der Waals surface area contributed by atoms with Crippen molar-refractivity contribution in [2.45, 2.75) is 37.8 Å². The van der Waals surface area contributed by atoms with Gasteiger partial charge < -0.3 is 4.74 Å². The lowest BCUT2D eigenvalue weighted by atomic mass is 10.1. The molecule has 1 aromatic heterocycles. The molecule has 1 fully saturated rings. The summed E-state index contributed by atoms with van der Waals surface area (Å²) in [6.07, 6.45) is 0. The predicted octanol–water partition coefficient (Wildman–Crippen LogP) is 4.89. The van der Waals surface area contributed by atoms with E-state index in [9.17, 15) is 13.2 Å². The molecule has 2 heterocycles. The van der Waals surface area contributed by atoms with Gasteiger partial charge >= 0.3 is 0 Å². The molecule has 0 amide bonds. The second-order valence-corrected chi connectivity index (χ2v) is 12.0. The van der Waals surface area contributed by atoms with Crippen LogP contribution in [0.25, 0.3) is 16.6 Å². The van der Waals surface area contributed by atoms with Crippen LogP contribution in [0.1, 0.15) is 32.6 Å². The highest BCUT2D eigenvalue weighted by molar-refractivity contribution is 7.89. The number of hydrogen-bond acceptors (Lipinski definition) is 6. The number of nitrogens with zero attached hydrogens (tertiary/aromatic N) is 4. The van der Waals surface area contributed by atoms with Crippen molar-refractivity contribution in [2.75, 3.05) is 26.2 Å². The molecule has 0 N–H and O–H groups in total. The minimum Gasteiger partial charge on any atom is -0.494 e. The van der Waals surface area contributed by atoms with E-state index in [-0.39, 0.29) is 22.5 Å². The monoisotopic (exact) mass is 566 g/mol. The third-order valence-corrected chi connectivity index (χ3v) is 9.43. The molecule has 0 radical (unpaired) electrons. The highest BCUT2D eigenvalue weighted by atomic mass is 35.5. The Kier molecular flexibility index (Phi) is 7.77. The average molecular weight is 567 g/mol. The molecule has 1 aliphatic rings. The van der Waals surface area contributed by atoms with Gasteiger partial charge in [-0.25, -0.2) is 13.4 Å². The lowest BCUT2D eigenvalue weighted by Gasteiger charge is -2.41. The van der Waals surface area contributed by atoms with Crippen molar-refractivity contribution >= 4 is 32.5 Å². The molecule has 0 unspecified atom stereocenters. The van der Waals surface area contributed by atoms with Gasteiger partial charge in [-0.3, -0.25) is 14.3 Å². The van der Waals surface area contributed by atoms with Crippen molar-refractivity contribution in [3.63, 3.8) is 0 Å². The fraction of sp³-hybridized carbons (Fsp3) is 0.310. The smallest absolute Gasteiger partial charge is 0.266 e. The molecule has 39 heavy (non-hydrogen) atoms. The van der Waals surface area contributed by atoms with Gasteiger partial charge in [-0.05, 0) is 81.4 Å². The molecular formula is C29H31ClN4O4S. The minimum atomic E-state index is -3.67. The summed E-state index contributed by atoms with van der Waals surface area (Å²) in [6.45, 7) is 7.68. The lowest BCUT2D eigenvalue weighted by Crippen LogP contribution is -2.54. The van der Waals surface area contributed by atoms with E-state index >= 15 is 0 Å². The number of hydrogen-bond donors (Lipinski definition) is 0. The molecule has 10 heteroatoms. The van der Waals surface area contributed by atoms with Crippen LogP contribution in [0.2, 0.25) is 5.02 Å². The summed E-state index contributed by atoms with van der Waals surface area (Å²) in [5.74, 6) is 1.33. The second kappa shape index (κ2) is 11.1. The standard InChI is InChI=1S/C29H31ClN4O4S/c1-4-38-24-13-11-23(12-14-24)34-28(31-27-8-6-5-7-26(27)29(34)35)21(3)32-17-18-33(20(2)19-32)39(36,37)25-15-9-22(30)10-16-25/h5-16,20-21H,4,17-19H2,1-3H3/t20-,21+/m0/s1. The third-order valence-electron chi connectivity index (χ3n) is 7.15. The Morgan fingerprint density at radius 3 is 2.38 bits per heavy atom. The topological polar surface area (TPSA) is 84.7 Å². The van der Waals surface area contributed by atoms with Gasteiger partial charge in [0.15, 0.2) is 0 Å². The van der Waals surface area contributed by atoms with Crippen LogP contribution in [0.4, 0.5) is 0 Å². The third kappa shape index (κ3) is 5.32. The van der Waals surface area contributed by atoms with Gasteiger partial charge in [-0.2, -0.15) is 4.31 Å². The van der Waals surface area contributed by atoms with E-state index in [1.54, 1.807) is 22.8 Å². The molecular weight excluding hydrogens is 536 g/mol. The van der Waals surface area contributed by atoms with Crippen LogP contribution in [0.3, 0.4) is 0 Å². The maximum atomic E-state index is 13.8. The summed E-state index contributed by atoms with van der Waals surface area (Å²) in [7, 11) is -3.67. The molecule has 8 nitrogen and oxygen atoms in total. The molecule has 2 atom stereocenters. The first-order valence-electron chi connectivity index (χ1n) is 13.0. The summed E-state index contributed by atoms with van der Waals surface area (Å²) in [5, 5.41) is 1.02. The molecule has 0 bridgehead atoms. The van der Waals surface area contributed by atoms with Crippen molar-refractivity contribution < 1.29 is 13.2 Å². The number of benzene rings is 3. The van der Waals surface area contributed by atoms with Crippen molar-refractivity contribution in [3.05, 3.63) is 94.0 Å². The van der Waals surface area contributed by atoms with E-state index in [2.05, 4.69) is 4.90 Å². The number of para-hydroxylation sites is 1. The molecule has 5 rings (SSSR count). The predicted molar refractivity (Wildman–Crippen MR) is 153 cm³/mol. The number of aromatic nitrogens is 2. The van der Waals surface area contributed by atoms with Crippen molar-refractivity contribution in [3.8, 4) is 11.4 Å². The van der Waals surface area contributed by atoms with Gasteiger partial charge in [0.2, 0.25) is 10.0 Å². The zero-order valence-corrected chi connectivity index (χ0v) is 23.7. The van der Waals surface area contributed by atoms with Crippen LogP contribution in [-0.4, -0.2) is 59.5 Å². The SMILES string of the molecule is CCOc1ccc(-n2c([C@@H](C)N3CCN(S(=O)(=O)c4ccc(Cl)cc4)[C@@H](C)C3)nc3ccccc3c2=O)cc1. The Hall–Kier alpha value is -3.24. The Bertz CT molecular complexity index is 1640.